The number of aliphatic hydroxyl groups is 1. The fourth-order valence-electron chi connectivity index (χ4n) is 3.55. The monoisotopic (exact) mass is 483 g/mol. The summed E-state index contributed by atoms with van der Waals surface area (Å²) in [7, 11) is 0. The summed E-state index contributed by atoms with van der Waals surface area (Å²) in [6.45, 7) is 7.78. The zero-order valence-electron chi connectivity index (χ0n) is 16.1. The summed E-state index contributed by atoms with van der Waals surface area (Å²) >= 11 is 0. The van der Waals surface area contributed by atoms with E-state index in [0.29, 0.717) is 18.5 Å². The van der Waals surface area contributed by atoms with Gasteiger partial charge in [0.1, 0.15) is 0 Å². The van der Waals surface area contributed by atoms with E-state index in [4.69, 9.17) is 4.99 Å². The molecule has 2 unspecified atom stereocenters. The lowest BCUT2D eigenvalue weighted by molar-refractivity contribution is 0.189. The quantitative estimate of drug-likeness (QED) is 0.390. The van der Waals surface area contributed by atoms with E-state index in [9.17, 15) is 5.11 Å². The first kappa shape index (κ1) is 21.7. The number of aromatic nitrogens is 2. The van der Waals surface area contributed by atoms with Crippen molar-refractivity contribution in [2.45, 2.75) is 39.5 Å². The average molecular weight is 483 g/mol. The van der Waals surface area contributed by atoms with Gasteiger partial charge in [0, 0.05) is 32.0 Å². The van der Waals surface area contributed by atoms with E-state index < -0.39 is 0 Å². The highest BCUT2D eigenvalue weighted by molar-refractivity contribution is 14.0. The highest BCUT2D eigenvalue weighted by Crippen LogP contribution is 2.27. The van der Waals surface area contributed by atoms with E-state index in [-0.39, 0.29) is 30.6 Å². The summed E-state index contributed by atoms with van der Waals surface area (Å²) in [5, 5.41) is 13.0. The standard InChI is InChI=1S/C20H29N5O.HI/c1-3-22-20(23-12-17-6-4-5-7-18(17)14-26)24-10-8-16(2)19(13-24)25-11-9-21-15-25;/h4-7,9,11,15-16,19,26H,3,8,10,12-14H2,1-2H3,(H,22,23);1H. The van der Waals surface area contributed by atoms with Gasteiger partial charge in [-0.2, -0.15) is 0 Å². The lowest BCUT2D eigenvalue weighted by Gasteiger charge is -2.39. The van der Waals surface area contributed by atoms with Crippen molar-refractivity contribution < 1.29 is 5.11 Å². The molecule has 1 aliphatic rings. The van der Waals surface area contributed by atoms with Gasteiger partial charge in [0.05, 0.1) is 25.5 Å². The largest absolute Gasteiger partial charge is 0.392 e. The molecule has 2 heterocycles. The minimum atomic E-state index is 0. The Morgan fingerprint density at radius 3 is 2.78 bits per heavy atom. The van der Waals surface area contributed by atoms with Crippen LogP contribution in [0.4, 0.5) is 0 Å². The molecule has 27 heavy (non-hydrogen) atoms. The molecule has 2 N–H and O–H groups in total. The van der Waals surface area contributed by atoms with Crippen LogP contribution < -0.4 is 5.32 Å². The van der Waals surface area contributed by atoms with Crippen LogP contribution in [0, 0.1) is 5.92 Å². The van der Waals surface area contributed by atoms with Crippen molar-refractivity contribution >= 4 is 29.9 Å². The minimum Gasteiger partial charge on any atom is -0.392 e. The normalized spacial score (nSPS) is 20.3. The number of hydrogen-bond acceptors (Lipinski definition) is 3. The molecule has 1 aromatic heterocycles. The van der Waals surface area contributed by atoms with Crippen molar-refractivity contribution in [3.8, 4) is 0 Å². The molecule has 0 bridgehead atoms. The van der Waals surface area contributed by atoms with Gasteiger partial charge in [0.25, 0.3) is 0 Å². The number of hydrogen-bond donors (Lipinski definition) is 2. The number of nitrogens with zero attached hydrogens (tertiary/aromatic N) is 4. The van der Waals surface area contributed by atoms with Gasteiger partial charge in [0.2, 0.25) is 0 Å². The third-order valence-electron chi connectivity index (χ3n) is 5.15. The molecular weight excluding hydrogens is 453 g/mol. The Bertz CT molecular complexity index is 719. The van der Waals surface area contributed by atoms with Crippen molar-refractivity contribution in [1.29, 1.82) is 0 Å². The molecule has 1 aromatic carbocycles. The van der Waals surface area contributed by atoms with Crippen LogP contribution >= 0.6 is 24.0 Å². The Hall–Kier alpha value is -1.61. The Balaban J connectivity index is 0.00000261. The third kappa shape index (κ3) is 5.44. The average Bonchev–Trinajstić information content (AvgIpc) is 3.20. The lowest BCUT2D eigenvalue weighted by atomic mass is 9.93. The molecule has 6 nitrogen and oxygen atoms in total. The second-order valence-corrected chi connectivity index (χ2v) is 6.89. The number of likely N-dealkylation sites (tertiary alicyclic amines) is 1. The molecule has 1 aliphatic heterocycles. The van der Waals surface area contributed by atoms with Gasteiger partial charge in [0.15, 0.2) is 5.96 Å². The topological polar surface area (TPSA) is 65.7 Å². The zero-order chi connectivity index (χ0) is 18.4. The number of nitrogens with one attached hydrogen (secondary N) is 1. The van der Waals surface area contributed by atoms with Crippen molar-refractivity contribution in [2.24, 2.45) is 10.9 Å². The highest BCUT2D eigenvalue weighted by Gasteiger charge is 2.28. The van der Waals surface area contributed by atoms with Gasteiger partial charge in [-0.1, -0.05) is 31.2 Å². The number of benzene rings is 1. The van der Waals surface area contributed by atoms with Crippen LogP contribution in [0.15, 0.2) is 48.0 Å². The molecule has 2 aromatic rings. The number of halogens is 1. The van der Waals surface area contributed by atoms with Crippen molar-refractivity contribution in [3.05, 3.63) is 54.1 Å². The first-order valence-corrected chi connectivity index (χ1v) is 9.41. The van der Waals surface area contributed by atoms with E-state index >= 15 is 0 Å². The summed E-state index contributed by atoms with van der Waals surface area (Å²) in [4.78, 5) is 11.4. The van der Waals surface area contributed by atoms with Crippen LogP contribution in [0.1, 0.15) is 37.4 Å². The molecule has 0 spiro atoms. The van der Waals surface area contributed by atoms with Crippen LogP contribution in [0.5, 0.6) is 0 Å². The van der Waals surface area contributed by atoms with Crippen LogP contribution in [0.25, 0.3) is 0 Å². The van der Waals surface area contributed by atoms with E-state index in [1.165, 1.54) is 0 Å². The fourth-order valence-corrected chi connectivity index (χ4v) is 3.55. The Kier molecular flexibility index (Phi) is 8.56. The van der Waals surface area contributed by atoms with Crippen LogP contribution in [0.2, 0.25) is 0 Å². The van der Waals surface area contributed by atoms with Crippen LogP contribution in [0.3, 0.4) is 0 Å². The molecule has 7 heteroatoms. The Morgan fingerprint density at radius 2 is 2.11 bits per heavy atom. The number of aliphatic imine (C=N–C) groups is 1. The number of rotatable bonds is 5. The second kappa shape index (κ2) is 10.7. The molecule has 148 valence electrons. The Labute approximate surface area is 178 Å². The van der Waals surface area contributed by atoms with E-state index in [0.717, 1.165) is 43.1 Å². The molecule has 0 amide bonds. The van der Waals surface area contributed by atoms with Crippen molar-refractivity contribution in [2.75, 3.05) is 19.6 Å². The van der Waals surface area contributed by atoms with Crippen LogP contribution in [-0.2, 0) is 13.2 Å². The molecule has 2 atom stereocenters. The molecular formula is C20H30IN5O. The summed E-state index contributed by atoms with van der Waals surface area (Å²) in [6.07, 6.45) is 6.93. The minimum absolute atomic E-state index is 0. The van der Waals surface area contributed by atoms with Gasteiger partial charge in [-0.25, -0.2) is 9.98 Å². The number of imidazole rings is 1. The highest BCUT2D eigenvalue weighted by atomic mass is 127. The smallest absolute Gasteiger partial charge is 0.194 e. The molecule has 0 aliphatic carbocycles. The maximum atomic E-state index is 9.52. The lowest BCUT2D eigenvalue weighted by Crippen LogP contribution is -2.49. The SMILES string of the molecule is CCNC(=NCc1ccccc1CO)N1CCC(C)C(n2ccnc2)C1.I. The maximum absolute atomic E-state index is 9.52. The predicted octanol–water partition coefficient (Wildman–Crippen LogP) is 3.04. The Morgan fingerprint density at radius 1 is 1.33 bits per heavy atom. The van der Waals surface area contributed by atoms with Gasteiger partial charge < -0.3 is 19.9 Å². The number of aliphatic hydroxyl groups excluding tert-OH is 1. The molecule has 3 rings (SSSR count). The summed E-state index contributed by atoms with van der Waals surface area (Å²) in [5.74, 6) is 1.55. The van der Waals surface area contributed by atoms with E-state index in [1.54, 1.807) is 0 Å². The van der Waals surface area contributed by atoms with Gasteiger partial charge >= 0.3 is 0 Å². The van der Waals surface area contributed by atoms with Gasteiger partial charge in [-0.3, -0.25) is 0 Å². The third-order valence-corrected chi connectivity index (χ3v) is 5.15. The van der Waals surface area contributed by atoms with E-state index in [2.05, 4.69) is 33.6 Å². The summed E-state index contributed by atoms with van der Waals surface area (Å²) in [6, 6.07) is 8.33. The molecule has 0 saturated carbocycles. The molecule has 1 fully saturated rings. The summed E-state index contributed by atoms with van der Waals surface area (Å²) < 4.78 is 2.21. The van der Waals surface area contributed by atoms with Crippen molar-refractivity contribution in [1.82, 2.24) is 19.8 Å². The maximum Gasteiger partial charge on any atom is 0.194 e. The van der Waals surface area contributed by atoms with Gasteiger partial charge in [-0.05, 0) is 30.4 Å². The van der Waals surface area contributed by atoms with Crippen LogP contribution in [-0.4, -0.2) is 45.2 Å². The van der Waals surface area contributed by atoms with Crippen molar-refractivity contribution in [3.63, 3.8) is 0 Å². The van der Waals surface area contributed by atoms with E-state index in [1.807, 2.05) is 43.0 Å². The second-order valence-electron chi connectivity index (χ2n) is 6.89. The number of piperidine rings is 1. The first-order valence-electron chi connectivity index (χ1n) is 9.41. The predicted molar refractivity (Wildman–Crippen MR) is 119 cm³/mol. The summed E-state index contributed by atoms with van der Waals surface area (Å²) in [5.41, 5.74) is 2.01. The molecule has 0 radical (unpaired) electrons. The molecule has 1 saturated heterocycles. The zero-order valence-corrected chi connectivity index (χ0v) is 18.4. The number of guanidine groups is 1. The fraction of sp³-hybridized carbons (Fsp3) is 0.500. The van der Waals surface area contributed by atoms with Gasteiger partial charge in [-0.15, -0.1) is 24.0 Å². The first-order chi connectivity index (χ1) is 12.7.